The normalized spacial score (nSPS) is 20.6. The molecule has 0 spiro atoms. The highest BCUT2D eigenvalue weighted by molar-refractivity contribution is 5.97. The zero-order valence-corrected chi connectivity index (χ0v) is 23.7. The second kappa shape index (κ2) is 11.6. The zero-order valence-electron chi connectivity index (χ0n) is 23.7. The topological polar surface area (TPSA) is 126 Å². The number of carbonyl (C=O) groups is 2. The molecule has 1 N–H and O–H groups in total. The number of methoxy groups -OCH3 is 1. The van der Waals surface area contributed by atoms with E-state index in [1.54, 1.807) is 14.0 Å². The molecule has 3 unspecified atom stereocenters. The number of nitrogens with one attached hydrogen (secondary N) is 1. The Hall–Kier alpha value is -5.12. The Labute approximate surface area is 248 Å². The minimum atomic E-state index is -0.976. The van der Waals surface area contributed by atoms with Gasteiger partial charge in [-0.3, -0.25) is 14.9 Å². The first-order chi connectivity index (χ1) is 20.8. The summed E-state index contributed by atoms with van der Waals surface area (Å²) in [6, 6.07) is 19.9. The van der Waals surface area contributed by atoms with E-state index in [0.29, 0.717) is 29.3 Å². The molecule has 0 fully saturated rings. The van der Waals surface area contributed by atoms with Crippen LogP contribution in [0.4, 0.5) is 5.69 Å². The number of ketones is 1. The predicted molar refractivity (Wildman–Crippen MR) is 156 cm³/mol. The van der Waals surface area contributed by atoms with Crippen LogP contribution < -0.4 is 19.5 Å². The number of benzene rings is 3. The molecule has 3 aromatic carbocycles. The van der Waals surface area contributed by atoms with Gasteiger partial charge in [0.25, 0.3) is 5.69 Å². The summed E-state index contributed by atoms with van der Waals surface area (Å²) in [7, 11) is 1.59. The number of Topliss-reactive ketones (excluding diaryl/α,β-unsaturated/α-hetero) is 1. The van der Waals surface area contributed by atoms with Crippen LogP contribution in [0, 0.1) is 16.0 Å². The summed E-state index contributed by atoms with van der Waals surface area (Å²) in [5.74, 6) is -1.59. The molecule has 0 amide bonds. The maximum atomic E-state index is 14.0. The lowest BCUT2D eigenvalue weighted by atomic mass is 9.68. The molecule has 10 nitrogen and oxygen atoms in total. The molecule has 3 aromatic rings. The van der Waals surface area contributed by atoms with Crippen molar-refractivity contribution in [2.24, 2.45) is 5.92 Å². The van der Waals surface area contributed by atoms with E-state index in [9.17, 15) is 19.7 Å². The van der Waals surface area contributed by atoms with Crippen LogP contribution in [-0.2, 0) is 20.7 Å². The zero-order chi connectivity index (χ0) is 30.1. The quantitative estimate of drug-likeness (QED) is 0.213. The van der Waals surface area contributed by atoms with E-state index in [4.69, 9.17) is 18.9 Å². The van der Waals surface area contributed by atoms with Gasteiger partial charge < -0.3 is 24.3 Å². The van der Waals surface area contributed by atoms with Gasteiger partial charge in [-0.05, 0) is 36.2 Å². The van der Waals surface area contributed by atoms with Gasteiger partial charge in [0.15, 0.2) is 11.5 Å². The van der Waals surface area contributed by atoms with Gasteiger partial charge in [-0.25, -0.2) is 4.79 Å². The first-order valence-electron chi connectivity index (χ1n) is 14.0. The van der Waals surface area contributed by atoms with Crippen LogP contribution in [0.25, 0.3) is 0 Å². The highest BCUT2D eigenvalue weighted by Crippen LogP contribution is 2.51. The summed E-state index contributed by atoms with van der Waals surface area (Å²) >= 11 is 0. The van der Waals surface area contributed by atoms with Crippen molar-refractivity contribution in [1.82, 2.24) is 5.32 Å². The van der Waals surface area contributed by atoms with Crippen molar-refractivity contribution >= 4 is 17.4 Å². The van der Waals surface area contributed by atoms with Crippen molar-refractivity contribution < 1.29 is 33.5 Å². The predicted octanol–water partition coefficient (Wildman–Crippen LogP) is 5.34. The Morgan fingerprint density at radius 1 is 1.05 bits per heavy atom. The number of fused-ring (bicyclic) bond motifs is 2. The van der Waals surface area contributed by atoms with E-state index in [1.165, 1.54) is 12.1 Å². The molecule has 3 aliphatic rings. The Morgan fingerprint density at radius 3 is 2.47 bits per heavy atom. The molecule has 2 aliphatic heterocycles. The lowest BCUT2D eigenvalue weighted by Gasteiger charge is -2.39. The van der Waals surface area contributed by atoms with Gasteiger partial charge in [-0.2, -0.15) is 0 Å². The monoisotopic (exact) mass is 582 g/mol. The van der Waals surface area contributed by atoms with Crippen LogP contribution in [0.1, 0.15) is 41.9 Å². The second-order valence-electron chi connectivity index (χ2n) is 10.7. The molecular weight excluding hydrogens is 552 g/mol. The van der Waals surface area contributed by atoms with Crippen molar-refractivity contribution in [3.63, 3.8) is 0 Å². The number of ether oxygens (including phenoxy) is 4. The van der Waals surface area contributed by atoms with Crippen LogP contribution in [0.3, 0.4) is 0 Å². The number of nitro groups is 1. The summed E-state index contributed by atoms with van der Waals surface area (Å²) in [4.78, 5) is 39.5. The van der Waals surface area contributed by atoms with Gasteiger partial charge in [0.2, 0.25) is 6.79 Å². The van der Waals surface area contributed by atoms with E-state index < -0.39 is 22.7 Å². The van der Waals surface area contributed by atoms with E-state index in [2.05, 4.69) is 5.32 Å². The fourth-order valence-electron chi connectivity index (χ4n) is 6.08. The van der Waals surface area contributed by atoms with E-state index in [-0.39, 0.29) is 54.1 Å². The Kier molecular flexibility index (Phi) is 7.58. The first-order valence-corrected chi connectivity index (χ1v) is 14.0. The van der Waals surface area contributed by atoms with Crippen LogP contribution in [0.5, 0.6) is 17.2 Å². The van der Waals surface area contributed by atoms with Crippen molar-refractivity contribution in [2.45, 2.75) is 31.6 Å². The molecule has 6 rings (SSSR count). The van der Waals surface area contributed by atoms with Gasteiger partial charge in [-0.1, -0.05) is 48.5 Å². The number of carbonyl (C=O) groups excluding carboxylic acids is 2. The standard InChI is InChI=1S/C33H30N2O8/c1-19-30(33(37)41-13-12-20-6-4-3-5-7-20)31(24-16-28-29(43-18-42-28)17-26(24)35(38)39)32-25(34-19)14-22(15-27(32)36)21-8-10-23(40-2)11-9-21/h3-11,14,16-17,22,31-32,34H,12-13,15,18H2,1-2H3. The summed E-state index contributed by atoms with van der Waals surface area (Å²) in [6.45, 7) is 1.75. The number of hydrogen-bond acceptors (Lipinski definition) is 9. The Balaban J connectivity index is 1.41. The SMILES string of the molecule is COc1ccc(C2C=C3NC(C)=C(C(=O)OCCc4ccccc4)C(c4cc5c(cc4[N+](=O)[O-])OCO5)C3C(=O)C2)cc1. The Morgan fingerprint density at radius 2 is 1.77 bits per heavy atom. The number of esters is 1. The van der Waals surface area contributed by atoms with E-state index in [1.807, 2.05) is 60.7 Å². The van der Waals surface area contributed by atoms with Crippen molar-refractivity contribution in [2.75, 3.05) is 20.5 Å². The minimum absolute atomic E-state index is 0.0809. The summed E-state index contributed by atoms with van der Waals surface area (Å²) in [5.41, 5.74) is 3.09. The highest BCUT2D eigenvalue weighted by atomic mass is 16.7. The summed E-state index contributed by atoms with van der Waals surface area (Å²) in [6.07, 6.45) is 2.63. The molecule has 10 heteroatoms. The lowest BCUT2D eigenvalue weighted by molar-refractivity contribution is -0.385. The molecule has 0 bridgehead atoms. The summed E-state index contributed by atoms with van der Waals surface area (Å²) in [5, 5.41) is 15.6. The molecular formula is C33H30N2O8. The van der Waals surface area contributed by atoms with Crippen LogP contribution in [-0.4, -0.2) is 37.2 Å². The molecule has 0 aromatic heterocycles. The van der Waals surface area contributed by atoms with Crippen LogP contribution in [0.2, 0.25) is 0 Å². The molecule has 1 aliphatic carbocycles. The van der Waals surface area contributed by atoms with Crippen molar-refractivity contribution in [1.29, 1.82) is 0 Å². The number of hydrogen-bond donors (Lipinski definition) is 1. The molecule has 43 heavy (non-hydrogen) atoms. The molecule has 0 saturated carbocycles. The molecule has 0 radical (unpaired) electrons. The fraction of sp³-hybridized carbons (Fsp3) is 0.273. The number of nitrogens with zero attached hydrogens (tertiary/aromatic N) is 1. The maximum Gasteiger partial charge on any atom is 0.336 e. The van der Waals surface area contributed by atoms with Crippen molar-refractivity contribution in [3.05, 3.63) is 117 Å². The molecule has 0 saturated heterocycles. The third-order valence-corrected chi connectivity index (χ3v) is 8.15. The van der Waals surface area contributed by atoms with E-state index in [0.717, 1.165) is 11.1 Å². The number of allylic oxidation sites excluding steroid dienone is 3. The minimum Gasteiger partial charge on any atom is -0.497 e. The Bertz CT molecular complexity index is 1650. The average Bonchev–Trinajstić information content (AvgIpc) is 3.48. The molecule has 2 heterocycles. The third-order valence-electron chi connectivity index (χ3n) is 8.15. The number of nitro benzene ring substituents is 1. The molecule has 220 valence electrons. The fourth-order valence-corrected chi connectivity index (χ4v) is 6.08. The van der Waals surface area contributed by atoms with Gasteiger partial charge >= 0.3 is 5.97 Å². The van der Waals surface area contributed by atoms with Crippen molar-refractivity contribution in [3.8, 4) is 17.2 Å². The first kappa shape index (κ1) is 28.0. The summed E-state index contributed by atoms with van der Waals surface area (Å²) < 4.78 is 21.9. The van der Waals surface area contributed by atoms with E-state index >= 15 is 0 Å². The smallest absolute Gasteiger partial charge is 0.336 e. The van der Waals surface area contributed by atoms with Crippen LogP contribution >= 0.6 is 0 Å². The second-order valence-corrected chi connectivity index (χ2v) is 10.7. The number of rotatable bonds is 8. The largest absolute Gasteiger partial charge is 0.497 e. The molecule has 3 atom stereocenters. The van der Waals surface area contributed by atoms with Gasteiger partial charge in [0.1, 0.15) is 11.5 Å². The lowest BCUT2D eigenvalue weighted by Crippen LogP contribution is -2.42. The van der Waals surface area contributed by atoms with Gasteiger partial charge in [-0.15, -0.1) is 0 Å². The van der Waals surface area contributed by atoms with Crippen LogP contribution in [0.15, 0.2) is 89.8 Å². The van der Waals surface area contributed by atoms with Gasteiger partial charge in [0.05, 0.1) is 36.2 Å². The maximum absolute atomic E-state index is 14.0. The highest BCUT2D eigenvalue weighted by Gasteiger charge is 2.47. The van der Waals surface area contributed by atoms with Gasteiger partial charge in [0, 0.05) is 41.6 Å². The average molecular weight is 583 g/mol. The third kappa shape index (κ3) is 5.43.